The first-order valence-corrected chi connectivity index (χ1v) is 4.67. The molecule has 0 bridgehead atoms. The Hall–Kier alpha value is -0.0800. The standard InChI is InChI=1S/C9H18N2/c1-5-10-6-2-9(1)3-7-11-8-4-9/h10-11H,1-8H2/i5D. The van der Waals surface area contributed by atoms with E-state index in [0.29, 0.717) is 5.41 Å². The highest BCUT2D eigenvalue weighted by atomic mass is 14.9. The van der Waals surface area contributed by atoms with Gasteiger partial charge in [0.1, 0.15) is 0 Å². The van der Waals surface area contributed by atoms with Crippen molar-refractivity contribution in [1.29, 1.82) is 0 Å². The minimum absolute atomic E-state index is 0.00292. The van der Waals surface area contributed by atoms with E-state index < -0.39 is 0 Å². The van der Waals surface area contributed by atoms with E-state index in [0.717, 1.165) is 26.1 Å². The van der Waals surface area contributed by atoms with Crippen LogP contribution in [0.3, 0.4) is 0 Å². The maximum atomic E-state index is 7.70. The summed E-state index contributed by atoms with van der Waals surface area (Å²) in [6.07, 6.45) is 4.91. The average molecular weight is 155 g/mol. The van der Waals surface area contributed by atoms with E-state index in [4.69, 9.17) is 1.37 Å². The monoisotopic (exact) mass is 155 g/mol. The van der Waals surface area contributed by atoms with E-state index in [1.807, 2.05) is 0 Å². The Kier molecular flexibility index (Phi) is 1.82. The van der Waals surface area contributed by atoms with Crippen molar-refractivity contribution in [3.05, 3.63) is 0 Å². The molecule has 2 saturated heterocycles. The Morgan fingerprint density at radius 2 is 1.55 bits per heavy atom. The van der Waals surface area contributed by atoms with Gasteiger partial charge in [0.15, 0.2) is 0 Å². The van der Waals surface area contributed by atoms with Gasteiger partial charge >= 0.3 is 0 Å². The second kappa shape index (κ2) is 3.11. The molecule has 1 unspecified atom stereocenters. The van der Waals surface area contributed by atoms with Gasteiger partial charge in [-0.05, 0) is 57.3 Å². The SMILES string of the molecule is [2H]C1CC2(CCNCC2)CCN1. The predicted molar refractivity (Wildman–Crippen MR) is 46.6 cm³/mol. The first kappa shape index (κ1) is 6.44. The van der Waals surface area contributed by atoms with Crippen molar-refractivity contribution in [2.45, 2.75) is 25.7 Å². The summed E-state index contributed by atoms with van der Waals surface area (Å²) in [6, 6.07) is 0. The van der Waals surface area contributed by atoms with E-state index in [1.54, 1.807) is 0 Å². The van der Waals surface area contributed by atoms with Crippen LogP contribution in [0.15, 0.2) is 0 Å². The van der Waals surface area contributed by atoms with Crippen LogP contribution in [0.1, 0.15) is 27.1 Å². The van der Waals surface area contributed by atoms with Crippen LogP contribution >= 0.6 is 0 Å². The summed E-state index contributed by atoms with van der Waals surface area (Å²) in [4.78, 5) is 0. The lowest BCUT2D eigenvalue weighted by Crippen LogP contribution is -2.43. The third kappa shape index (κ3) is 1.57. The van der Waals surface area contributed by atoms with E-state index in [2.05, 4.69) is 10.6 Å². The quantitative estimate of drug-likeness (QED) is 0.539. The topological polar surface area (TPSA) is 24.1 Å². The smallest absolute Gasteiger partial charge is 0.0428 e. The second-order valence-corrected chi connectivity index (χ2v) is 3.86. The third-order valence-corrected chi connectivity index (χ3v) is 3.14. The van der Waals surface area contributed by atoms with Crippen LogP contribution in [0.2, 0.25) is 0 Å². The Bertz CT molecular complexity index is 149. The zero-order valence-electron chi connectivity index (χ0n) is 8.03. The van der Waals surface area contributed by atoms with Gasteiger partial charge in [-0.3, -0.25) is 0 Å². The molecular formula is C9H18N2. The molecule has 0 saturated carbocycles. The molecule has 0 aromatic heterocycles. The van der Waals surface area contributed by atoms with Gasteiger partial charge in [0.05, 0.1) is 0 Å². The molecule has 2 rings (SSSR count). The van der Waals surface area contributed by atoms with Crippen LogP contribution in [0, 0.1) is 5.41 Å². The van der Waals surface area contributed by atoms with Crippen LogP contribution in [0.25, 0.3) is 0 Å². The molecule has 0 aromatic rings. The maximum absolute atomic E-state index is 7.70. The number of rotatable bonds is 0. The van der Waals surface area contributed by atoms with Crippen molar-refractivity contribution >= 4 is 0 Å². The summed E-state index contributed by atoms with van der Waals surface area (Å²) < 4.78 is 7.70. The zero-order chi connectivity index (χ0) is 8.44. The molecule has 2 aliphatic rings. The van der Waals surface area contributed by atoms with E-state index in [-0.39, 0.29) is 6.52 Å². The summed E-state index contributed by atoms with van der Waals surface area (Å²) in [5, 5.41) is 6.59. The highest BCUT2D eigenvalue weighted by molar-refractivity contribution is 4.88. The second-order valence-electron chi connectivity index (χ2n) is 3.86. The Morgan fingerprint density at radius 1 is 0.909 bits per heavy atom. The largest absolute Gasteiger partial charge is 0.317 e. The highest BCUT2D eigenvalue weighted by Crippen LogP contribution is 2.37. The Balaban J connectivity index is 1.97. The fraction of sp³-hybridized carbons (Fsp3) is 1.00. The van der Waals surface area contributed by atoms with Gasteiger partial charge in [0.25, 0.3) is 0 Å². The van der Waals surface area contributed by atoms with Crippen molar-refractivity contribution in [1.82, 2.24) is 10.6 Å². The van der Waals surface area contributed by atoms with Crippen LogP contribution in [-0.2, 0) is 0 Å². The Labute approximate surface area is 70.2 Å². The van der Waals surface area contributed by atoms with Crippen LogP contribution < -0.4 is 10.6 Å². The molecule has 1 atom stereocenters. The molecule has 2 aliphatic heterocycles. The van der Waals surface area contributed by atoms with Crippen molar-refractivity contribution in [2.75, 3.05) is 26.2 Å². The lowest BCUT2D eigenvalue weighted by atomic mass is 9.72. The molecule has 11 heavy (non-hydrogen) atoms. The molecule has 0 radical (unpaired) electrons. The summed E-state index contributed by atoms with van der Waals surface area (Å²) in [5.74, 6) is 0. The van der Waals surface area contributed by atoms with Crippen molar-refractivity contribution in [3.63, 3.8) is 0 Å². The summed E-state index contributed by atoms with van der Waals surface area (Å²) in [6.45, 7) is 3.37. The van der Waals surface area contributed by atoms with Gasteiger partial charge in [0.2, 0.25) is 0 Å². The number of nitrogens with one attached hydrogen (secondary N) is 2. The molecule has 2 heterocycles. The van der Waals surface area contributed by atoms with Gasteiger partial charge in [-0.2, -0.15) is 0 Å². The number of hydrogen-bond acceptors (Lipinski definition) is 2. The molecule has 0 aliphatic carbocycles. The normalized spacial score (nSPS) is 38.5. The van der Waals surface area contributed by atoms with Crippen LogP contribution in [-0.4, -0.2) is 26.2 Å². The predicted octanol–water partition coefficient (Wildman–Crippen LogP) is 0.740. The molecule has 0 amide bonds. The molecular weight excluding hydrogens is 136 g/mol. The summed E-state index contributed by atoms with van der Waals surface area (Å²) in [7, 11) is 0. The highest BCUT2D eigenvalue weighted by Gasteiger charge is 2.32. The molecule has 1 spiro atoms. The lowest BCUT2D eigenvalue weighted by molar-refractivity contribution is 0.144. The van der Waals surface area contributed by atoms with Gasteiger partial charge in [-0.1, -0.05) is 0 Å². The third-order valence-electron chi connectivity index (χ3n) is 3.14. The fourth-order valence-corrected chi connectivity index (χ4v) is 2.24. The van der Waals surface area contributed by atoms with Gasteiger partial charge < -0.3 is 10.6 Å². The molecule has 0 aromatic carbocycles. The number of piperidine rings is 2. The fourth-order valence-electron chi connectivity index (χ4n) is 2.24. The molecule has 2 heteroatoms. The minimum Gasteiger partial charge on any atom is -0.317 e. The van der Waals surface area contributed by atoms with E-state index >= 15 is 0 Å². The van der Waals surface area contributed by atoms with Crippen LogP contribution in [0.5, 0.6) is 0 Å². The first-order valence-electron chi connectivity index (χ1n) is 5.25. The van der Waals surface area contributed by atoms with Gasteiger partial charge in [0, 0.05) is 1.37 Å². The minimum atomic E-state index is -0.00292. The van der Waals surface area contributed by atoms with Gasteiger partial charge in [-0.25, -0.2) is 0 Å². The molecule has 2 N–H and O–H groups in total. The molecule has 2 fully saturated rings. The average Bonchev–Trinajstić information content (AvgIpc) is 2.05. The summed E-state index contributed by atoms with van der Waals surface area (Å²) in [5.41, 5.74) is 0.517. The van der Waals surface area contributed by atoms with Crippen molar-refractivity contribution in [2.24, 2.45) is 5.41 Å². The van der Waals surface area contributed by atoms with E-state index in [9.17, 15) is 0 Å². The Morgan fingerprint density at radius 3 is 2.18 bits per heavy atom. The molecule has 2 nitrogen and oxygen atoms in total. The summed E-state index contributed by atoms with van der Waals surface area (Å²) >= 11 is 0. The lowest BCUT2D eigenvalue weighted by Gasteiger charge is -2.41. The zero-order valence-corrected chi connectivity index (χ0v) is 7.03. The van der Waals surface area contributed by atoms with Gasteiger partial charge in [-0.15, -0.1) is 0 Å². The van der Waals surface area contributed by atoms with Crippen LogP contribution in [0.4, 0.5) is 0 Å². The van der Waals surface area contributed by atoms with Crippen molar-refractivity contribution in [3.8, 4) is 0 Å². The maximum Gasteiger partial charge on any atom is 0.0428 e. The van der Waals surface area contributed by atoms with Crippen molar-refractivity contribution < 1.29 is 1.37 Å². The first-order chi connectivity index (χ1) is 5.81. The van der Waals surface area contributed by atoms with E-state index in [1.165, 1.54) is 19.3 Å². The number of hydrogen-bond donors (Lipinski definition) is 2. The molecule has 64 valence electrons.